The van der Waals surface area contributed by atoms with Crippen LogP contribution in [-0.2, 0) is 11.2 Å². The van der Waals surface area contributed by atoms with Gasteiger partial charge in [-0.2, -0.15) is 13.5 Å². The Morgan fingerprint density at radius 3 is 2.56 bits per heavy atom. The lowest BCUT2D eigenvalue weighted by Crippen LogP contribution is -2.29. The molecule has 0 aliphatic carbocycles. The first-order valence-electron chi connectivity index (χ1n) is 8.34. The smallest absolute Gasteiger partial charge is 0.253 e. The SMILES string of the molecule is C=CC(=O)Nc1ccc(C(=O)N2CC[C@H](Cc3ncc(Cl)cn3)C2)cc1.S. The summed E-state index contributed by atoms with van der Waals surface area (Å²) in [6.45, 7) is 4.80. The fourth-order valence-electron chi connectivity index (χ4n) is 2.96. The molecule has 1 aromatic heterocycles. The van der Waals surface area contributed by atoms with E-state index >= 15 is 0 Å². The van der Waals surface area contributed by atoms with Gasteiger partial charge in [0, 0.05) is 43.2 Å². The molecule has 2 amide bonds. The first kappa shape index (κ1) is 20.9. The van der Waals surface area contributed by atoms with Crippen molar-refractivity contribution in [3.05, 3.63) is 65.7 Å². The molecule has 1 fully saturated rings. The van der Waals surface area contributed by atoms with Crippen molar-refractivity contribution < 1.29 is 9.59 Å². The van der Waals surface area contributed by atoms with Crippen molar-refractivity contribution in [1.29, 1.82) is 0 Å². The number of benzene rings is 1. The van der Waals surface area contributed by atoms with Crippen LogP contribution in [0.15, 0.2) is 49.3 Å². The summed E-state index contributed by atoms with van der Waals surface area (Å²) in [5.74, 6) is 0.796. The van der Waals surface area contributed by atoms with Crippen LogP contribution in [-0.4, -0.2) is 39.8 Å². The van der Waals surface area contributed by atoms with Crippen LogP contribution in [0.2, 0.25) is 5.02 Å². The average molecular weight is 405 g/mol. The zero-order chi connectivity index (χ0) is 18.5. The minimum atomic E-state index is -0.282. The van der Waals surface area contributed by atoms with E-state index in [0.717, 1.165) is 18.7 Å². The summed E-state index contributed by atoms with van der Waals surface area (Å²) in [4.78, 5) is 34.2. The van der Waals surface area contributed by atoms with Gasteiger partial charge in [0.15, 0.2) is 0 Å². The van der Waals surface area contributed by atoms with Crippen molar-refractivity contribution in [2.24, 2.45) is 5.92 Å². The summed E-state index contributed by atoms with van der Waals surface area (Å²) < 4.78 is 0. The molecule has 8 heteroatoms. The standard InChI is InChI=1S/C19H19ClN4O2.H2S/c1-2-18(25)23-16-5-3-14(4-6-16)19(26)24-8-7-13(12-24)9-17-21-10-15(20)11-22-17;/h2-6,10-11,13H,1,7-9,12H2,(H,23,25);1H2/t13-;/m1./s1. The number of halogens is 1. The molecular weight excluding hydrogens is 384 g/mol. The van der Waals surface area contributed by atoms with Gasteiger partial charge in [-0.05, 0) is 42.7 Å². The van der Waals surface area contributed by atoms with Crippen LogP contribution >= 0.6 is 25.1 Å². The van der Waals surface area contributed by atoms with Gasteiger partial charge in [0.1, 0.15) is 5.82 Å². The van der Waals surface area contributed by atoms with Crippen LogP contribution in [0.25, 0.3) is 0 Å². The lowest BCUT2D eigenvalue weighted by Gasteiger charge is -2.17. The van der Waals surface area contributed by atoms with Crippen LogP contribution < -0.4 is 5.32 Å². The Hall–Kier alpha value is -2.38. The molecule has 0 spiro atoms. The number of nitrogens with one attached hydrogen (secondary N) is 1. The molecule has 1 aromatic carbocycles. The Morgan fingerprint density at radius 1 is 1.26 bits per heavy atom. The molecule has 1 aliphatic heterocycles. The van der Waals surface area contributed by atoms with Crippen molar-refractivity contribution in [2.75, 3.05) is 18.4 Å². The molecule has 1 atom stereocenters. The first-order chi connectivity index (χ1) is 12.5. The Balaban J connectivity index is 0.00000261. The van der Waals surface area contributed by atoms with Crippen LogP contribution in [0.1, 0.15) is 22.6 Å². The number of aromatic nitrogens is 2. The van der Waals surface area contributed by atoms with Gasteiger partial charge in [0.25, 0.3) is 5.91 Å². The lowest BCUT2D eigenvalue weighted by molar-refractivity contribution is -0.111. The lowest BCUT2D eigenvalue weighted by atomic mass is 10.0. The third-order valence-electron chi connectivity index (χ3n) is 4.30. The zero-order valence-corrected chi connectivity index (χ0v) is 16.4. The van der Waals surface area contributed by atoms with Gasteiger partial charge in [-0.1, -0.05) is 18.2 Å². The highest BCUT2D eigenvalue weighted by Gasteiger charge is 2.27. The highest BCUT2D eigenvalue weighted by Crippen LogP contribution is 2.22. The number of anilines is 1. The molecule has 1 aliphatic rings. The number of hydrogen-bond donors (Lipinski definition) is 1. The van der Waals surface area contributed by atoms with E-state index in [4.69, 9.17) is 11.6 Å². The second kappa shape index (κ2) is 9.53. The van der Waals surface area contributed by atoms with Gasteiger partial charge in [-0.15, -0.1) is 0 Å². The maximum Gasteiger partial charge on any atom is 0.253 e. The third-order valence-corrected chi connectivity index (χ3v) is 4.50. The summed E-state index contributed by atoms with van der Waals surface area (Å²) in [5.41, 5.74) is 1.23. The molecule has 0 saturated carbocycles. The Kier molecular flexibility index (Phi) is 7.38. The Bertz CT molecular complexity index is 811. The summed E-state index contributed by atoms with van der Waals surface area (Å²) >= 11 is 5.80. The van der Waals surface area contributed by atoms with Crippen LogP contribution in [0.4, 0.5) is 5.69 Å². The minimum Gasteiger partial charge on any atom is -0.338 e. The largest absolute Gasteiger partial charge is 0.338 e. The van der Waals surface area contributed by atoms with Gasteiger partial charge < -0.3 is 10.2 Å². The van der Waals surface area contributed by atoms with Gasteiger partial charge >= 0.3 is 0 Å². The van der Waals surface area contributed by atoms with Crippen LogP contribution in [0.3, 0.4) is 0 Å². The monoisotopic (exact) mass is 404 g/mol. The molecule has 0 unspecified atom stereocenters. The molecule has 142 valence electrons. The molecule has 1 saturated heterocycles. The predicted molar refractivity (Wildman–Crippen MR) is 110 cm³/mol. The van der Waals surface area contributed by atoms with Crippen molar-refractivity contribution in [2.45, 2.75) is 12.8 Å². The number of carbonyl (C=O) groups is 2. The quantitative estimate of drug-likeness (QED) is 0.777. The van der Waals surface area contributed by atoms with Gasteiger partial charge in [0.05, 0.1) is 5.02 Å². The van der Waals surface area contributed by atoms with Crippen LogP contribution in [0.5, 0.6) is 0 Å². The van der Waals surface area contributed by atoms with Crippen molar-refractivity contribution >= 4 is 42.6 Å². The Morgan fingerprint density at radius 2 is 1.93 bits per heavy atom. The van der Waals surface area contributed by atoms with E-state index in [0.29, 0.717) is 35.3 Å². The molecular formula is C19H21ClN4O2S. The molecule has 0 bridgehead atoms. The van der Waals surface area contributed by atoms with E-state index in [1.807, 2.05) is 4.90 Å². The topological polar surface area (TPSA) is 75.2 Å². The molecule has 2 heterocycles. The summed E-state index contributed by atoms with van der Waals surface area (Å²) in [6.07, 6.45) is 6.04. The molecule has 27 heavy (non-hydrogen) atoms. The van der Waals surface area contributed by atoms with E-state index < -0.39 is 0 Å². The predicted octanol–water partition coefficient (Wildman–Crippen LogP) is 3.07. The second-order valence-corrected chi connectivity index (χ2v) is 6.63. The fraction of sp³-hybridized carbons (Fsp3) is 0.263. The van der Waals surface area contributed by atoms with E-state index in [1.165, 1.54) is 6.08 Å². The van der Waals surface area contributed by atoms with Crippen molar-refractivity contribution in [1.82, 2.24) is 14.9 Å². The maximum atomic E-state index is 12.7. The summed E-state index contributed by atoms with van der Waals surface area (Å²) in [5, 5.41) is 3.18. The number of nitrogens with zero attached hydrogens (tertiary/aromatic N) is 3. The maximum absolute atomic E-state index is 12.7. The average Bonchev–Trinajstić information content (AvgIpc) is 3.12. The molecule has 1 N–H and O–H groups in total. The summed E-state index contributed by atoms with van der Waals surface area (Å²) in [7, 11) is 0. The molecule has 6 nitrogen and oxygen atoms in total. The number of likely N-dealkylation sites (tertiary alicyclic amines) is 1. The van der Waals surface area contributed by atoms with Crippen molar-refractivity contribution in [3.63, 3.8) is 0 Å². The second-order valence-electron chi connectivity index (χ2n) is 6.20. The van der Waals surface area contributed by atoms with Crippen LogP contribution in [0, 0.1) is 5.92 Å². The number of rotatable bonds is 5. The zero-order valence-electron chi connectivity index (χ0n) is 14.7. The Labute approximate surface area is 170 Å². The molecule has 2 aromatic rings. The highest BCUT2D eigenvalue weighted by molar-refractivity contribution is 7.59. The van der Waals surface area contributed by atoms with E-state index in [1.54, 1.807) is 36.7 Å². The van der Waals surface area contributed by atoms with E-state index in [2.05, 4.69) is 21.9 Å². The normalized spacial score (nSPS) is 15.7. The third kappa shape index (κ3) is 5.55. The number of hydrogen-bond acceptors (Lipinski definition) is 4. The molecule has 3 rings (SSSR count). The minimum absolute atomic E-state index is 0. The number of amides is 2. The van der Waals surface area contributed by atoms with Gasteiger partial charge in [0.2, 0.25) is 5.91 Å². The van der Waals surface area contributed by atoms with Crippen molar-refractivity contribution in [3.8, 4) is 0 Å². The first-order valence-corrected chi connectivity index (χ1v) is 8.72. The fourth-order valence-corrected chi connectivity index (χ4v) is 3.06. The van der Waals surface area contributed by atoms with E-state index in [9.17, 15) is 9.59 Å². The van der Waals surface area contributed by atoms with Gasteiger partial charge in [-0.25, -0.2) is 9.97 Å². The van der Waals surface area contributed by atoms with Gasteiger partial charge in [-0.3, -0.25) is 9.59 Å². The highest BCUT2D eigenvalue weighted by atomic mass is 35.5. The summed E-state index contributed by atoms with van der Waals surface area (Å²) in [6, 6.07) is 6.86. The molecule has 0 radical (unpaired) electrons. The number of carbonyl (C=O) groups excluding carboxylic acids is 2. The van der Waals surface area contributed by atoms with E-state index in [-0.39, 0.29) is 25.3 Å².